The van der Waals surface area contributed by atoms with Crippen LogP contribution in [0, 0.1) is 0 Å². The molecular weight excluding hydrogens is 176 g/mol. The maximum atomic E-state index is 10.3. The zero-order valence-electron chi connectivity index (χ0n) is 6.36. The molecule has 12 heavy (non-hydrogen) atoms. The van der Waals surface area contributed by atoms with Gasteiger partial charge in [-0.2, -0.15) is 0 Å². The summed E-state index contributed by atoms with van der Waals surface area (Å²) in [4.78, 5) is 11.1. The summed E-state index contributed by atoms with van der Waals surface area (Å²) in [6.45, 7) is 0. The molecule has 0 saturated heterocycles. The molecule has 0 aliphatic rings. The molecule has 0 radical (unpaired) electrons. The van der Waals surface area contributed by atoms with Crippen molar-refractivity contribution in [2.24, 2.45) is 5.73 Å². The molecule has 0 unspecified atom stereocenters. The first-order valence-corrected chi connectivity index (χ1v) is 4.29. The van der Waals surface area contributed by atoms with Crippen LogP contribution in [0.15, 0.2) is 11.4 Å². The molecule has 5 N–H and O–H groups in total. The van der Waals surface area contributed by atoms with Crippen molar-refractivity contribution in [2.75, 3.05) is 5.73 Å². The smallest absolute Gasteiger partial charge is 0.305 e. The Hall–Kier alpha value is -1.07. The number of carbonyl (C=O) groups is 1. The van der Waals surface area contributed by atoms with Crippen LogP contribution in [0.25, 0.3) is 0 Å². The largest absolute Gasteiger partial charge is 0.481 e. The Kier molecular flexibility index (Phi) is 2.67. The van der Waals surface area contributed by atoms with E-state index >= 15 is 0 Å². The molecule has 0 bridgehead atoms. The third-order valence-corrected chi connectivity index (χ3v) is 2.48. The third-order valence-electron chi connectivity index (χ3n) is 1.40. The minimum absolute atomic E-state index is 0.0556. The number of rotatable bonds is 3. The highest BCUT2D eigenvalue weighted by Crippen LogP contribution is 2.23. The average Bonchev–Trinajstić information content (AvgIpc) is 2.34. The fourth-order valence-electron chi connectivity index (χ4n) is 0.852. The Balaban J connectivity index is 2.64. The van der Waals surface area contributed by atoms with E-state index in [4.69, 9.17) is 16.6 Å². The molecule has 1 rings (SSSR count). The van der Waals surface area contributed by atoms with E-state index in [-0.39, 0.29) is 6.42 Å². The number of nitrogen functional groups attached to an aromatic ring is 1. The van der Waals surface area contributed by atoms with E-state index in [2.05, 4.69) is 0 Å². The van der Waals surface area contributed by atoms with Crippen molar-refractivity contribution >= 4 is 23.0 Å². The third kappa shape index (κ3) is 2.21. The molecule has 0 aliphatic heterocycles. The van der Waals surface area contributed by atoms with E-state index in [1.165, 1.54) is 11.3 Å². The Morgan fingerprint density at radius 2 is 2.42 bits per heavy atom. The maximum absolute atomic E-state index is 10.3. The van der Waals surface area contributed by atoms with Crippen LogP contribution in [0.5, 0.6) is 0 Å². The van der Waals surface area contributed by atoms with Gasteiger partial charge in [0.15, 0.2) is 0 Å². The van der Waals surface area contributed by atoms with Crippen LogP contribution in [-0.4, -0.2) is 11.1 Å². The van der Waals surface area contributed by atoms with Gasteiger partial charge in [0, 0.05) is 22.0 Å². The predicted molar refractivity (Wildman–Crippen MR) is 47.9 cm³/mol. The van der Waals surface area contributed by atoms with Crippen LogP contribution in [-0.2, 0) is 4.79 Å². The molecule has 1 atom stereocenters. The lowest BCUT2D eigenvalue weighted by Crippen LogP contribution is -2.13. The van der Waals surface area contributed by atoms with E-state index in [9.17, 15) is 4.79 Å². The van der Waals surface area contributed by atoms with Crippen molar-refractivity contribution in [1.29, 1.82) is 0 Å². The van der Waals surface area contributed by atoms with Crippen LogP contribution in [0.3, 0.4) is 0 Å². The zero-order chi connectivity index (χ0) is 9.14. The van der Waals surface area contributed by atoms with Crippen LogP contribution in [0.4, 0.5) is 5.69 Å². The highest BCUT2D eigenvalue weighted by atomic mass is 32.1. The van der Waals surface area contributed by atoms with Gasteiger partial charge < -0.3 is 16.6 Å². The summed E-state index contributed by atoms with van der Waals surface area (Å²) < 4.78 is 0. The topological polar surface area (TPSA) is 89.3 Å². The number of carboxylic acids is 1. The van der Waals surface area contributed by atoms with E-state index in [1.807, 2.05) is 0 Å². The van der Waals surface area contributed by atoms with Gasteiger partial charge in [0.1, 0.15) is 0 Å². The number of nitrogens with two attached hydrogens (primary N) is 2. The van der Waals surface area contributed by atoms with Crippen molar-refractivity contribution in [2.45, 2.75) is 12.5 Å². The van der Waals surface area contributed by atoms with Gasteiger partial charge in [-0.1, -0.05) is 0 Å². The molecule has 1 heterocycles. The second-order valence-electron chi connectivity index (χ2n) is 2.49. The fourth-order valence-corrected chi connectivity index (χ4v) is 1.65. The van der Waals surface area contributed by atoms with E-state index in [0.29, 0.717) is 5.69 Å². The molecule has 0 spiro atoms. The Bertz CT molecular complexity index is 285. The molecule has 5 heteroatoms. The predicted octanol–water partition coefficient (Wildman–Crippen LogP) is 0.805. The summed E-state index contributed by atoms with van der Waals surface area (Å²) in [6, 6.07) is 1.27. The van der Waals surface area contributed by atoms with Gasteiger partial charge in [-0.05, 0) is 6.07 Å². The summed E-state index contributed by atoms with van der Waals surface area (Å²) in [5.74, 6) is -0.894. The molecule has 0 fully saturated rings. The van der Waals surface area contributed by atoms with Crippen molar-refractivity contribution < 1.29 is 9.90 Å². The summed E-state index contributed by atoms with van der Waals surface area (Å²) in [5, 5.41) is 10.2. The SMILES string of the molecule is Nc1csc([C@@H](N)CC(=O)O)c1. The monoisotopic (exact) mass is 186 g/mol. The number of aliphatic carboxylic acids is 1. The lowest BCUT2D eigenvalue weighted by Gasteiger charge is -2.04. The summed E-state index contributed by atoms with van der Waals surface area (Å²) >= 11 is 1.39. The number of carboxylic acid groups (broad SMARTS) is 1. The van der Waals surface area contributed by atoms with Crippen molar-refractivity contribution in [1.82, 2.24) is 0 Å². The fraction of sp³-hybridized carbons (Fsp3) is 0.286. The van der Waals surface area contributed by atoms with Gasteiger partial charge in [0.25, 0.3) is 0 Å². The lowest BCUT2D eigenvalue weighted by atomic mass is 10.2. The molecule has 4 nitrogen and oxygen atoms in total. The van der Waals surface area contributed by atoms with Crippen LogP contribution in [0.1, 0.15) is 17.3 Å². The average molecular weight is 186 g/mol. The van der Waals surface area contributed by atoms with Gasteiger partial charge >= 0.3 is 5.97 Å². The first-order chi connectivity index (χ1) is 5.59. The second kappa shape index (κ2) is 3.55. The van der Waals surface area contributed by atoms with Crippen LogP contribution in [0.2, 0.25) is 0 Å². The Morgan fingerprint density at radius 3 is 2.83 bits per heavy atom. The highest BCUT2D eigenvalue weighted by molar-refractivity contribution is 7.10. The van der Waals surface area contributed by atoms with E-state index in [0.717, 1.165) is 4.88 Å². The molecular formula is C7H10N2O2S. The summed E-state index contributed by atoms with van der Waals surface area (Å²) in [7, 11) is 0. The number of hydrogen-bond acceptors (Lipinski definition) is 4. The van der Waals surface area contributed by atoms with Crippen LogP contribution < -0.4 is 11.5 Å². The number of thiophene rings is 1. The summed E-state index contributed by atoms with van der Waals surface area (Å²) in [5.41, 5.74) is 11.7. The lowest BCUT2D eigenvalue weighted by molar-refractivity contribution is -0.137. The van der Waals surface area contributed by atoms with Gasteiger partial charge in [0.2, 0.25) is 0 Å². The van der Waals surface area contributed by atoms with Gasteiger partial charge in [0.05, 0.1) is 6.42 Å². The zero-order valence-corrected chi connectivity index (χ0v) is 7.17. The molecule has 1 aromatic heterocycles. The highest BCUT2D eigenvalue weighted by Gasteiger charge is 2.11. The molecule has 0 aromatic carbocycles. The standard InChI is InChI=1S/C7H10N2O2S/c8-4-1-6(12-3-4)5(9)2-7(10)11/h1,3,5H,2,8-9H2,(H,10,11)/t5-/m0/s1. The Labute approximate surface area is 73.8 Å². The molecule has 1 aromatic rings. The van der Waals surface area contributed by atoms with Gasteiger partial charge in [-0.15, -0.1) is 11.3 Å². The molecule has 0 saturated carbocycles. The minimum Gasteiger partial charge on any atom is -0.481 e. The number of anilines is 1. The molecule has 66 valence electrons. The second-order valence-corrected chi connectivity index (χ2v) is 3.43. The first-order valence-electron chi connectivity index (χ1n) is 3.41. The van der Waals surface area contributed by atoms with E-state index in [1.54, 1.807) is 11.4 Å². The van der Waals surface area contributed by atoms with Crippen LogP contribution >= 0.6 is 11.3 Å². The maximum Gasteiger partial charge on any atom is 0.305 e. The molecule has 0 aliphatic carbocycles. The quantitative estimate of drug-likeness (QED) is 0.651. The number of hydrogen-bond donors (Lipinski definition) is 3. The summed E-state index contributed by atoms with van der Waals surface area (Å²) in [6.07, 6.45) is -0.0556. The van der Waals surface area contributed by atoms with Crippen molar-refractivity contribution in [3.8, 4) is 0 Å². The normalized spacial score (nSPS) is 12.8. The minimum atomic E-state index is -0.894. The Morgan fingerprint density at radius 1 is 1.75 bits per heavy atom. The van der Waals surface area contributed by atoms with Gasteiger partial charge in [-0.3, -0.25) is 4.79 Å². The first kappa shape index (κ1) is 9.02. The molecule has 0 amide bonds. The van der Waals surface area contributed by atoms with E-state index < -0.39 is 12.0 Å². The van der Waals surface area contributed by atoms with Crippen molar-refractivity contribution in [3.05, 3.63) is 16.3 Å². The van der Waals surface area contributed by atoms with Crippen molar-refractivity contribution in [3.63, 3.8) is 0 Å². The van der Waals surface area contributed by atoms with Gasteiger partial charge in [-0.25, -0.2) is 0 Å².